The summed E-state index contributed by atoms with van der Waals surface area (Å²) in [6, 6.07) is 7.34. The molecule has 3 N–H and O–H groups in total. The molecule has 19 heavy (non-hydrogen) atoms. The average Bonchev–Trinajstić information content (AvgIpc) is 2.47. The summed E-state index contributed by atoms with van der Waals surface area (Å²) in [5.41, 5.74) is 7.12. The Morgan fingerprint density at radius 3 is 2.89 bits per heavy atom. The summed E-state index contributed by atoms with van der Waals surface area (Å²) in [5, 5.41) is 2.48. The number of methoxy groups -OCH3 is 1. The maximum absolute atomic E-state index is 11.6. The van der Waals surface area contributed by atoms with Gasteiger partial charge in [0.05, 0.1) is 19.0 Å². The molecule has 0 spiro atoms. The van der Waals surface area contributed by atoms with Gasteiger partial charge < -0.3 is 15.8 Å². The van der Waals surface area contributed by atoms with E-state index in [2.05, 4.69) is 15.3 Å². The predicted octanol–water partition coefficient (Wildman–Crippen LogP) is 1.09. The molecule has 0 atom stereocenters. The number of benzene rings is 1. The third-order valence-electron chi connectivity index (χ3n) is 2.61. The number of anilines is 1. The molecule has 98 valence electrons. The second-order valence-corrected chi connectivity index (χ2v) is 3.80. The van der Waals surface area contributed by atoms with E-state index in [-0.39, 0.29) is 17.4 Å². The Morgan fingerprint density at radius 2 is 2.21 bits per heavy atom. The molecule has 6 heteroatoms. The largest absolute Gasteiger partial charge is 0.497 e. The number of hydrogen-bond donors (Lipinski definition) is 2. The zero-order chi connectivity index (χ0) is 13.8. The van der Waals surface area contributed by atoms with E-state index in [1.807, 2.05) is 24.3 Å². The van der Waals surface area contributed by atoms with Crippen LogP contribution in [0.15, 0.2) is 30.5 Å². The molecule has 0 fully saturated rings. The normalized spacial score (nSPS) is 10.0. The summed E-state index contributed by atoms with van der Waals surface area (Å²) in [6.07, 6.45) is 1.52. The van der Waals surface area contributed by atoms with Gasteiger partial charge in [-0.05, 0) is 12.1 Å². The second-order valence-electron chi connectivity index (χ2n) is 3.80. The molecule has 2 aromatic rings. The van der Waals surface area contributed by atoms with Crippen LogP contribution in [0, 0.1) is 0 Å². The standard InChI is InChI=1S/C13H14N4O2/c1-15-13(18)11-12(14)16-7-10(17-11)8-4-3-5-9(6-8)19-2/h3-7H,1-2H3,(H2,14,16)(H,15,18). The quantitative estimate of drug-likeness (QED) is 0.860. The fourth-order valence-electron chi connectivity index (χ4n) is 1.61. The van der Waals surface area contributed by atoms with Crippen LogP contribution in [0.5, 0.6) is 5.75 Å². The number of carbonyl (C=O) groups is 1. The smallest absolute Gasteiger partial charge is 0.273 e. The fourth-order valence-corrected chi connectivity index (χ4v) is 1.61. The third-order valence-corrected chi connectivity index (χ3v) is 2.61. The van der Waals surface area contributed by atoms with Crippen LogP contribution in [-0.2, 0) is 0 Å². The minimum absolute atomic E-state index is 0.103. The highest BCUT2D eigenvalue weighted by molar-refractivity contribution is 5.96. The van der Waals surface area contributed by atoms with Gasteiger partial charge in [-0.15, -0.1) is 0 Å². The van der Waals surface area contributed by atoms with Crippen molar-refractivity contribution in [1.29, 1.82) is 0 Å². The molecule has 1 aromatic carbocycles. The topological polar surface area (TPSA) is 90.1 Å². The lowest BCUT2D eigenvalue weighted by molar-refractivity contribution is 0.0959. The summed E-state index contributed by atoms with van der Waals surface area (Å²) in [7, 11) is 3.10. The SMILES string of the molecule is CNC(=O)c1nc(-c2cccc(OC)c2)cnc1N. The van der Waals surface area contributed by atoms with E-state index in [9.17, 15) is 4.79 Å². The number of hydrogen-bond acceptors (Lipinski definition) is 5. The van der Waals surface area contributed by atoms with E-state index in [0.29, 0.717) is 11.4 Å². The third kappa shape index (κ3) is 2.62. The number of nitrogens with two attached hydrogens (primary N) is 1. The number of rotatable bonds is 3. The first-order valence-corrected chi connectivity index (χ1v) is 5.64. The number of nitrogen functional groups attached to an aromatic ring is 1. The lowest BCUT2D eigenvalue weighted by atomic mass is 10.1. The molecule has 0 radical (unpaired) electrons. The van der Waals surface area contributed by atoms with Crippen molar-refractivity contribution in [3.05, 3.63) is 36.2 Å². The summed E-state index contributed by atoms with van der Waals surface area (Å²) >= 11 is 0. The Kier molecular flexibility index (Phi) is 3.61. The van der Waals surface area contributed by atoms with Crippen molar-refractivity contribution in [3.8, 4) is 17.0 Å². The van der Waals surface area contributed by atoms with Crippen LogP contribution in [0.4, 0.5) is 5.82 Å². The number of amides is 1. The average molecular weight is 258 g/mol. The Labute approximate surface area is 110 Å². The number of aromatic nitrogens is 2. The first-order chi connectivity index (χ1) is 9.15. The minimum Gasteiger partial charge on any atom is -0.497 e. The van der Waals surface area contributed by atoms with Crippen LogP contribution in [0.1, 0.15) is 10.5 Å². The van der Waals surface area contributed by atoms with Crippen LogP contribution < -0.4 is 15.8 Å². The molecular formula is C13H14N4O2. The van der Waals surface area contributed by atoms with Crippen molar-refractivity contribution in [2.45, 2.75) is 0 Å². The van der Waals surface area contributed by atoms with E-state index in [0.717, 1.165) is 5.56 Å². The van der Waals surface area contributed by atoms with Gasteiger partial charge in [0.25, 0.3) is 5.91 Å². The highest BCUT2D eigenvalue weighted by atomic mass is 16.5. The van der Waals surface area contributed by atoms with Crippen molar-refractivity contribution < 1.29 is 9.53 Å². The van der Waals surface area contributed by atoms with Crippen molar-refractivity contribution in [1.82, 2.24) is 15.3 Å². The van der Waals surface area contributed by atoms with Gasteiger partial charge in [-0.1, -0.05) is 12.1 Å². The molecule has 1 amide bonds. The fraction of sp³-hybridized carbons (Fsp3) is 0.154. The Bertz CT molecular complexity index is 613. The molecule has 0 aliphatic heterocycles. The molecule has 1 aromatic heterocycles. The summed E-state index contributed by atoms with van der Waals surface area (Å²) < 4.78 is 5.15. The number of nitrogens with zero attached hydrogens (tertiary/aromatic N) is 2. The number of carbonyl (C=O) groups excluding carboxylic acids is 1. The van der Waals surface area contributed by atoms with Crippen LogP contribution in [-0.4, -0.2) is 30.0 Å². The van der Waals surface area contributed by atoms with Crippen LogP contribution >= 0.6 is 0 Å². The molecule has 6 nitrogen and oxygen atoms in total. The maximum Gasteiger partial charge on any atom is 0.273 e. The molecule has 0 bridgehead atoms. The Hall–Kier alpha value is -2.63. The summed E-state index contributed by atoms with van der Waals surface area (Å²) in [5.74, 6) is 0.443. The van der Waals surface area contributed by atoms with Crippen molar-refractivity contribution >= 4 is 11.7 Å². The summed E-state index contributed by atoms with van der Waals surface area (Å²) in [4.78, 5) is 19.8. The molecule has 1 heterocycles. The van der Waals surface area contributed by atoms with Gasteiger partial charge in [0.15, 0.2) is 11.5 Å². The van der Waals surface area contributed by atoms with E-state index in [4.69, 9.17) is 10.5 Å². The molecule has 0 saturated carbocycles. The molecule has 0 aliphatic rings. The molecule has 0 saturated heterocycles. The van der Waals surface area contributed by atoms with Crippen molar-refractivity contribution in [2.24, 2.45) is 0 Å². The zero-order valence-corrected chi connectivity index (χ0v) is 10.7. The van der Waals surface area contributed by atoms with Gasteiger partial charge in [-0.3, -0.25) is 4.79 Å². The van der Waals surface area contributed by atoms with Crippen molar-refractivity contribution in [3.63, 3.8) is 0 Å². The lowest BCUT2D eigenvalue weighted by Gasteiger charge is -2.07. The van der Waals surface area contributed by atoms with Gasteiger partial charge in [0, 0.05) is 12.6 Å². The second kappa shape index (κ2) is 5.34. The van der Waals surface area contributed by atoms with Gasteiger partial charge >= 0.3 is 0 Å². The van der Waals surface area contributed by atoms with Gasteiger partial charge in [-0.25, -0.2) is 9.97 Å². The van der Waals surface area contributed by atoms with Crippen LogP contribution in [0.2, 0.25) is 0 Å². The van der Waals surface area contributed by atoms with Crippen LogP contribution in [0.3, 0.4) is 0 Å². The van der Waals surface area contributed by atoms with Gasteiger partial charge in [-0.2, -0.15) is 0 Å². The number of nitrogens with one attached hydrogen (secondary N) is 1. The Morgan fingerprint density at radius 1 is 1.42 bits per heavy atom. The van der Waals surface area contributed by atoms with Crippen molar-refractivity contribution in [2.75, 3.05) is 19.9 Å². The first-order valence-electron chi connectivity index (χ1n) is 5.64. The predicted molar refractivity (Wildman–Crippen MR) is 71.8 cm³/mol. The molecule has 0 unspecified atom stereocenters. The highest BCUT2D eigenvalue weighted by Crippen LogP contribution is 2.22. The highest BCUT2D eigenvalue weighted by Gasteiger charge is 2.13. The lowest BCUT2D eigenvalue weighted by Crippen LogP contribution is -2.21. The summed E-state index contributed by atoms with van der Waals surface area (Å²) in [6.45, 7) is 0. The molecule has 0 aliphatic carbocycles. The maximum atomic E-state index is 11.6. The Balaban J connectivity index is 2.48. The van der Waals surface area contributed by atoms with Gasteiger partial charge in [0.2, 0.25) is 0 Å². The van der Waals surface area contributed by atoms with E-state index >= 15 is 0 Å². The zero-order valence-electron chi connectivity index (χ0n) is 10.7. The molecular weight excluding hydrogens is 244 g/mol. The minimum atomic E-state index is -0.366. The van der Waals surface area contributed by atoms with Crippen LogP contribution in [0.25, 0.3) is 11.3 Å². The number of ether oxygens (including phenoxy) is 1. The molecule has 2 rings (SSSR count). The van der Waals surface area contributed by atoms with E-state index < -0.39 is 0 Å². The van der Waals surface area contributed by atoms with E-state index in [1.165, 1.54) is 13.2 Å². The monoisotopic (exact) mass is 258 g/mol. The van der Waals surface area contributed by atoms with E-state index in [1.54, 1.807) is 7.11 Å². The van der Waals surface area contributed by atoms with Gasteiger partial charge in [0.1, 0.15) is 5.75 Å². The first kappa shape index (κ1) is 12.8.